The first-order chi connectivity index (χ1) is 9.10. The van der Waals surface area contributed by atoms with Crippen molar-refractivity contribution in [2.45, 2.75) is 39.3 Å². The molecule has 1 amide bonds. The molecular formula is C14H22N4O. The zero-order valence-corrected chi connectivity index (χ0v) is 11.6. The number of nitrogens with zero attached hydrogens (tertiary/aromatic N) is 2. The lowest BCUT2D eigenvalue weighted by Gasteiger charge is -2.36. The largest absolute Gasteiger partial charge is 0.295 e. The van der Waals surface area contributed by atoms with E-state index in [4.69, 9.17) is 5.84 Å². The van der Waals surface area contributed by atoms with Crippen LogP contribution in [0.4, 0.5) is 0 Å². The molecule has 0 spiro atoms. The van der Waals surface area contributed by atoms with Crippen molar-refractivity contribution in [1.29, 1.82) is 0 Å². The first-order valence-corrected chi connectivity index (χ1v) is 6.80. The van der Waals surface area contributed by atoms with E-state index in [1.807, 2.05) is 6.07 Å². The van der Waals surface area contributed by atoms with Gasteiger partial charge in [0, 0.05) is 25.3 Å². The van der Waals surface area contributed by atoms with Gasteiger partial charge in [0.1, 0.15) is 0 Å². The summed E-state index contributed by atoms with van der Waals surface area (Å²) in [6.07, 6.45) is 4.13. The Balaban J connectivity index is 2.00. The Morgan fingerprint density at radius 2 is 2.26 bits per heavy atom. The van der Waals surface area contributed by atoms with Crippen LogP contribution in [-0.4, -0.2) is 28.4 Å². The van der Waals surface area contributed by atoms with Crippen LogP contribution in [0, 0.1) is 5.92 Å². The van der Waals surface area contributed by atoms with Crippen LogP contribution >= 0.6 is 0 Å². The molecule has 1 aliphatic rings. The van der Waals surface area contributed by atoms with E-state index in [2.05, 4.69) is 29.2 Å². The van der Waals surface area contributed by atoms with Gasteiger partial charge in [-0.05, 0) is 37.8 Å². The number of nitrogens with two attached hydrogens (primary N) is 1. The Morgan fingerprint density at radius 3 is 2.89 bits per heavy atom. The van der Waals surface area contributed by atoms with Gasteiger partial charge in [0.25, 0.3) is 5.91 Å². The Hall–Kier alpha value is -1.46. The zero-order valence-electron chi connectivity index (χ0n) is 11.6. The Morgan fingerprint density at radius 1 is 1.47 bits per heavy atom. The number of pyridine rings is 1. The third-order valence-electron chi connectivity index (χ3n) is 3.83. The predicted octanol–water partition coefficient (Wildman–Crippen LogP) is 1.31. The Kier molecular flexibility index (Phi) is 4.50. The lowest BCUT2D eigenvalue weighted by atomic mass is 9.95. The predicted molar refractivity (Wildman–Crippen MR) is 74.2 cm³/mol. The minimum Gasteiger partial charge on any atom is -0.295 e. The number of hydrogen-bond acceptors (Lipinski definition) is 4. The summed E-state index contributed by atoms with van der Waals surface area (Å²) in [6.45, 7) is 6.52. The molecule has 1 aromatic heterocycles. The molecule has 2 rings (SSSR count). The second-order valence-corrected chi connectivity index (χ2v) is 5.47. The van der Waals surface area contributed by atoms with Gasteiger partial charge in [-0.2, -0.15) is 0 Å². The number of carbonyl (C=O) groups excluding carboxylic acids is 1. The first kappa shape index (κ1) is 14.0. The van der Waals surface area contributed by atoms with E-state index >= 15 is 0 Å². The molecule has 2 atom stereocenters. The summed E-state index contributed by atoms with van der Waals surface area (Å²) < 4.78 is 0. The van der Waals surface area contributed by atoms with Gasteiger partial charge in [0.05, 0.1) is 11.3 Å². The highest BCUT2D eigenvalue weighted by atomic mass is 16.2. The van der Waals surface area contributed by atoms with E-state index in [0.717, 1.165) is 24.7 Å². The molecule has 19 heavy (non-hydrogen) atoms. The van der Waals surface area contributed by atoms with Crippen molar-refractivity contribution < 1.29 is 4.79 Å². The molecule has 0 saturated carbocycles. The van der Waals surface area contributed by atoms with Crippen molar-refractivity contribution in [3.63, 3.8) is 0 Å². The van der Waals surface area contributed by atoms with Gasteiger partial charge >= 0.3 is 0 Å². The molecule has 5 heteroatoms. The lowest BCUT2D eigenvalue weighted by molar-refractivity contribution is 0.0953. The molecule has 1 saturated heterocycles. The number of carbonyl (C=O) groups is 1. The second-order valence-electron chi connectivity index (χ2n) is 5.47. The van der Waals surface area contributed by atoms with Crippen molar-refractivity contribution in [3.8, 4) is 0 Å². The van der Waals surface area contributed by atoms with Crippen molar-refractivity contribution in [2.75, 3.05) is 6.54 Å². The van der Waals surface area contributed by atoms with Gasteiger partial charge in [0.2, 0.25) is 0 Å². The molecule has 3 N–H and O–H groups in total. The van der Waals surface area contributed by atoms with E-state index in [-0.39, 0.29) is 5.91 Å². The molecule has 1 aromatic rings. The molecular weight excluding hydrogens is 240 g/mol. The fraction of sp³-hybridized carbons (Fsp3) is 0.571. The standard InChI is InChI=1S/C14H22N4O/c1-10-3-4-11(2)18(8-10)9-13-6-5-12(7-16-13)14(19)17-15/h5-7,10-11H,3-4,8-9,15H2,1-2H3,(H,17,19). The number of hydrazine groups is 1. The van der Waals surface area contributed by atoms with Crippen molar-refractivity contribution >= 4 is 5.91 Å². The summed E-state index contributed by atoms with van der Waals surface area (Å²) in [5.74, 6) is 5.53. The maximum absolute atomic E-state index is 11.3. The Labute approximate surface area is 114 Å². The van der Waals surface area contributed by atoms with E-state index in [1.165, 1.54) is 12.8 Å². The van der Waals surface area contributed by atoms with Gasteiger partial charge < -0.3 is 0 Å². The average molecular weight is 262 g/mol. The van der Waals surface area contributed by atoms with Crippen molar-refractivity contribution in [1.82, 2.24) is 15.3 Å². The van der Waals surface area contributed by atoms with Crippen LogP contribution in [0.1, 0.15) is 42.7 Å². The van der Waals surface area contributed by atoms with E-state index < -0.39 is 0 Å². The molecule has 0 aromatic carbocycles. The smallest absolute Gasteiger partial charge is 0.266 e. The molecule has 0 radical (unpaired) electrons. The Bertz CT molecular complexity index is 432. The van der Waals surface area contributed by atoms with Crippen LogP contribution in [-0.2, 0) is 6.54 Å². The third-order valence-corrected chi connectivity index (χ3v) is 3.83. The number of nitrogens with one attached hydrogen (secondary N) is 1. The first-order valence-electron chi connectivity index (χ1n) is 6.80. The third kappa shape index (κ3) is 3.52. The van der Waals surface area contributed by atoms with Crippen LogP contribution in [0.25, 0.3) is 0 Å². The van der Waals surface area contributed by atoms with Gasteiger partial charge in [-0.1, -0.05) is 6.92 Å². The quantitative estimate of drug-likeness (QED) is 0.489. The molecule has 104 valence electrons. The molecule has 2 heterocycles. The van der Waals surface area contributed by atoms with Crippen molar-refractivity contribution in [2.24, 2.45) is 11.8 Å². The summed E-state index contributed by atoms with van der Waals surface area (Å²) in [6, 6.07) is 4.27. The molecule has 2 unspecified atom stereocenters. The van der Waals surface area contributed by atoms with E-state index in [9.17, 15) is 4.79 Å². The number of nitrogen functional groups attached to an aromatic ring is 1. The summed E-state index contributed by atoms with van der Waals surface area (Å²) in [5, 5.41) is 0. The minimum absolute atomic E-state index is 0.306. The monoisotopic (exact) mass is 262 g/mol. The maximum atomic E-state index is 11.3. The van der Waals surface area contributed by atoms with Crippen LogP contribution in [0.5, 0.6) is 0 Å². The highest BCUT2D eigenvalue weighted by molar-refractivity contribution is 5.93. The summed E-state index contributed by atoms with van der Waals surface area (Å²) in [4.78, 5) is 18.1. The number of hydrogen-bond donors (Lipinski definition) is 2. The topological polar surface area (TPSA) is 71.2 Å². The van der Waals surface area contributed by atoms with Gasteiger partial charge in [-0.3, -0.25) is 20.1 Å². The fourth-order valence-electron chi connectivity index (χ4n) is 2.54. The summed E-state index contributed by atoms with van der Waals surface area (Å²) in [5.41, 5.74) is 3.59. The second kappa shape index (κ2) is 6.12. The normalized spacial score (nSPS) is 24.2. The maximum Gasteiger partial charge on any atom is 0.266 e. The number of rotatable bonds is 3. The molecule has 0 bridgehead atoms. The minimum atomic E-state index is -0.306. The number of piperidine rings is 1. The van der Waals surface area contributed by atoms with Crippen LogP contribution in [0.3, 0.4) is 0 Å². The molecule has 1 aliphatic heterocycles. The van der Waals surface area contributed by atoms with Crippen LogP contribution in [0.2, 0.25) is 0 Å². The molecule has 0 aliphatic carbocycles. The number of likely N-dealkylation sites (tertiary alicyclic amines) is 1. The van der Waals surface area contributed by atoms with Gasteiger partial charge in [-0.25, -0.2) is 5.84 Å². The van der Waals surface area contributed by atoms with E-state index in [1.54, 1.807) is 12.3 Å². The lowest BCUT2D eigenvalue weighted by Crippen LogP contribution is -2.40. The highest BCUT2D eigenvalue weighted by Crippen LogP contribution is 2.22. The van der Waals surface area contributed by atoms with Gasteiger partial charge in [0.15, 0.2) is 0 Å². The van der Waals surface area contributed by atoms with Crippen LogP contribution in [0.15, 0.2) is 18.3 Å². The van der Waals surface area contributed by atoms with E-state index in [0.29, 0.717) is 11.6 Å². The van der Waals surface area contributed by atoms with Gasteiger partial charge in [-0.15, -0.1) is 0 Å². The highest BCUT2D eigenvalue weighted by Gasteiger charge is 2.23. The van der Waals surface area contributed by atoms with Crippen LogP contribution < -0.4 is 11.3 Å². The number of amides is 1. The summed E-state index contributed by atoms with van der Waals surface area (Å²) >= 11 is 0. The SMILES string of the molecule is CC1CCC(C)N(Cc2ccc(C(=O)NN)cn2)C1. The summed E-state index contributed by atoms with van der Waals surface area (Å²) in [7, 11) is 0. The molecule has 5 nitrogen and oxygen atoms in total. The molecule has 1 fully saturated rings. The zero-order chi connectivity index (χ0) is 13.8. The number of aromatic nitrogens is 1. The average Bonchev–Trinajstić information content (AvgIpc) is 2.43. The fourth-order valence-corrected chi connectivity index (χ4v) is 2.54. The van der Waals surface area contributed by atoms with Crippen molar-refractivity contribution in [3.05, 3.63) is 29.6 Å².